The minimum absolute atomic E-state index is 0.390. The first-order valence-corrected chi connectivity index (χ1v) is 6.04. The Morgan fingerprint density at radius 2 is 2.00 bits per heavy atom. The van der Waals surface area contributed by atoms with Crippen LogP contribution in [-0.4, -0.2) is 32.8 Å². The van der Waals surface area contributed by atoms with Crippen LogP contribution in [0.2, 0.25) is 0 Å². The summed E-state index contributed by atoms with van der Waals surface area (Å²) < 4.78 is 20.8. The first kappa shape index (κ1) is 13.9. The van der Waals surface area contributed by atoms with E-state index in [0.29, 0.717) is 26.3 Å². The molecule has 0 aromatic carbocycles. The van der Waals surface area contributed by atoms with Crippen molar-refractivity contribution in [2.75, 3.05) is 32.8 Å². The lowest BCUT2D eigenvalue weighted by Gasteiger charge is -1.97. The van der Waals surface area contributed by atoms with Crippen LogP contribution >= 0.6 is 8.25 Å². The number of rotatable bonds is 10. The van der Waals surface area contributed by atoms with E-state index < -0.39 is 8.25 Å². The van der Waals surface area contributed by atoms with Gasteiger partial charge >= 0.3 is 8.25 Å². The molecule has 0 aliphatic carbocycles. The molecule has 0 bridgehead atoms. The molecule has 0 aromatic rings. The van der Waals surface area contributed by atoms with E-state index in [4.69, 9.17) is 14.8 Å². The number of hydrogen-bond donors (Lipinski definition) is 2. The summed E-state index contributed by atoms with van der Waals surface area (Å²) in [6.07, 6.45) is 1.94. The highest BCUT2D eigenvalue weighted by atomic mass is 31.1. The molecule has 14 heavy (non-hydrogen) atoms. The molecule has 0 rings (SSSR count). The minimum atomic E-state index is -1.93. The van der Waals surface area contributed by atoms with Crippen molar-refractivity contribution < 1.29 is 13.6 Å². The lowest BCUT2D eigenvalue weighted by molar-refractivity contribution is 0.223. The van der Waals surface area contributed by atoms with E-state index in [-0.39, 0.29) is 0 Å². The average Bonchev–Trinajstić information content (AvgIpc) is 2.18. The molecule has 0 amide bonds. The molecule has 84 valence electrons. The third-order valence-electron chi connectivity index (χ3n) is 1.49. The van der Waals surface area contributed by atoms with E-state index in [1.807, 2.05) is 6.92 Å². The molecule has 0 aliphatic rings. The summed E-state index contributed by atoms with van der Waals surface area (Å²) >= 11 is 0. The Labute approximate surface area is 86.3 Å². The molecule has 0 saturated heterocycles. The monoisotopic (exact) mass is 223 g/mol. The van der Waals surface area contributed by atoms with E-state index in [9.17, 15) is 4.57 Å². The molecule has 1 unspecified atom stereocenters. The van der Waals surface area contributed by atoms with Crippen molar-refractivity contribution in [1.29, 1.82) is 0 Å². The van der Waals surface area contributed by atoms with Gasteiger partial charge in [-0.3, -0.25) is 0 Å². The summed E-state index contributed by atoms with van der Waals surface area (Å²) in [5, 5.41) is 3.02. The van der Waals surface area contributed by atoms with Crippen LogP contribution in [0.25, 0.3) is 0 Å². The van der Waals surface area contributed by atoms with Gasteiger partial charge in [0.25, 0.3) is 0 Å². The zero-order chi connectivity index (χ0) is 10.6. The summed E-state index contributed by atoms with van der Waals surface area (Å²) in [5.74, 6) is 0. The van der Waals surface area contributed by atoms with Gasteiger partial charge in [-0.1, -0.05) is 13.3 Å². The van der Waals surface area contributed by atoms with Crippen LogP contribution in [0.15, 0.2) is 0 Å². The summed E-state index contributed by atoms with van der Waals surface area (Å²) in [6, 6.07) is 0. The molecular formula is C8H20N2O3P+. The Hall–Kier alpha value is -0.0600. The highest BCUT2D eigenvalue weighted by Crippen LogP contribution is 2.23. The van der Waals surface area contributed by atoms with Crippen LogP contribution in [0.4, 0.5) is 0 Å². The predicted molar refractivity (Wildman–Crippen MR) is 56.3 cm³/mol. The van der Waals surface area contributed by atoms with Gasteiger partial charge in [-0.15, -0.1) is 9.05 Å². The van der Waals surface area contributed by atoms with Crippen molar-refractivity contribution in [3.63, 3.8) is 0 Å². The van der Waals surface area contributed by atoms with E-state index in [2.05, 4.69) is 5.32 Å². The fourth-order valence-electron chi connectivity index (χ4n) is 0.740. The van der Waals surface area contributed by atoms with Crippen molar-refractivity contribution in [3.8, 4) is 0 Å². The molecule has 0 aliphatic heterocycles. The maximum atomic E-state index is 11.0. The molecule has 5 nitrogen and oxygen atoms in total. The lowest BCUT2D eigenvalue weighted by Crippen LogP contribution is -2.25. The minimum Gasteiger partial charge on any atom is -0.329 e. The van der Waals surface area contributed by atoms with Gasteiger partial charge in [0.15, 0.2) is 0 Å². The number of nitrogens with one attached hydrogen (secondary N) is 1. The van der Waals surface area contributed by atoms with Crippen molar-refractivity contribution >= 4 is 8.25 Å². The summed E-state index contributed by atoms with van der Waals surface area (Å²) in [6.45, 7) is 4.93. The van der Waals surface area contributed by atoms with Gasteiger partial charge in [-0.25, -0.2) is 0 Å². The van der Waals surface area contributed by atoms with Gasteiger partial charge < -0.3 is 11.1 Å². The van der Waals surface area contributed by atoms with Crippen molar-refractivity contribution in [2.45, 2.75) is 19.8 Å². The average molecular weight is 223 g/mol. The maximum Gasteiger partial charge on any atom is 0.697 e. The third-order valence-corrected chi connectivity index (χ3v) is 2.28. The topological polar surface area (TPSA) is 73.6 Å². The van der Waals surface area contributed by atoms with E-state index in [1.54, 1.807) is 0 Å². The molecule has 3 N–H and O–H groups in total. The Kier molecular flexibility index (Phi) is 11.0. The number of unbranched alkanes of at least 4 members (excludes halogenated alkanes) is 1. The Bertz CT molecular complexity index is 147. The largest absolute Gasteiger partial charge is 0.697 e. The second-order valence-corrected chi connectivity index (χ2v) is 3.75. The summed E-state index contributed by atoms with van der Waals surface area (Å²) in [5.41, 5.74) is 5.27. The van der Waals surface area contributed by atoms with Crippen LogP contribution < -0.4 is 11.1 Å². The highest BCUT2D eigenvalue weighted by Gasteiger charge is 2.18. The van der Waals surface area contributed by atoms with E-state index >= 15 is 0 Å². The molecule has 0 saturated carbocycles. The van der Waals surface area contributed by atoms with Gasteiger partial charge in [-0.2, -0.15) is 0 Å². The first-order valence-electron chi connectivity index (χ1n) is 4.95. The Morgan fingerprint density at radius 1 is 1.29 bits per heavy atom. The van der Waals surface area contributed by atoms with Crippen LogP contribution in [0, 0.1) is 0 Å². The SMILES string of the molecule is CCCCO[P+](=O)OCCNCCN. The van der Waals surface area contributed by atoms with Crippen LogP contribution in [0.3, 0.4) is 0 Å². The van der Waals surface area contributed by atoms with Crippen LogP contribution in [-0.2, 0) is 13.6 Å². The smallest absolute Gasteiger partial charge is 0.329 e. The van der Waals surface area contributed by atoms with Crippen LogP contribution in [0.5, 0.6) is 0 Å². The zero-order valence-electron chi connectivity index (χ0n) is 8.70. The standard InChI is InChI=1S/C8H20N2O3P/c1-2-3-7-12-14(11)13-8-6-10-5-4-9/h10H,2-9H2,1H3/q+1. The third kappa shape index (κ3) is 10.0. The van der Waals surface area contributed by atoms with Crippen molar-refractivity contribution in [1.82, 2.24) is 5.32 Å². The van der Waals surface area contributed by atoms with Gasteiger partial charge in [-0.05, 0) is 6.42 Å². The molecule has 0 radical (unpaired) electrons. The van der Waals surface area contributed by atoms with Crippen molar-refractivity contribution in [3.05, 3.63) is 0 Å². The Morgan fingerprint density at radius 3 is 2.64 bits per heavy atom. The fraction of sp³-hybridized carbons (Fsp3) is 1.00. The molecular weight excluding hydrogens is 203 g/mol. The fourth-order valence-corrected chi connectivity index (χ4v) is 1.33. The van der Waals surface area contributed by atoms with Crippen LogP contribution in [0.1, 0.15) is 19.8 Å². The van der Waals surface area contributed by atoms with Crippen molar-refractivity contribution in [2.24, 2.45) is 5.73 Å². The van der Waals surface area contributed by atoms with E-state index in [0.717, 1.165) is 19.4 Å². The van der Waals surface area contributed by atoms with Gasteiger partial charge in [0.1, 0.15) is 13.2 Å². The lowest BCUT2D eigenvalue weighted by atomic mass is 10.4. The molecule has 0 spiro atoms. The molecule has 0 heterocycles. The zero-order valence-corrected chi connectivity index (χ0v) is 9.59. The Balaban J connectivity index is 3.10. The number of nitrogens with two attached hydrogens (primary N) is 1. The van der Waals surface area contributed by atoms with Gasteiger partial charge in [0.2, 0.25) is 0 Å². The molecule has 0 fully saturated rings. The maximum absolute atomic E-state index is 11.0. The molecule has 1 atom stereocenters. The predicted octanol–water partition coefficient (Wildman–Crippen LogP) is 1.03. The number of hydrogen-bond acceptors (Lipinski definition) is 5. The van der Waals surface area contributed by atoms with Gasteiger partial charge in [0, 0.05) is 24.2 Å². The van der Waals surface area contributed by atoms with Gasteiger partial charge in [0.05, 0.1) is 0 Å². The second-order valence-electron chi connectivity index (χ2n) is 2.78. The highest BCUT2D eigenvalue weighted by molar-refractivity contribution is 7.33. The summed E-state index contributed by atoms with van der Waals surface area (Å²) in [4.78, 5) is 0. The normalized spacial score (nSPS) is 11.7. The first-order chi connectivity index (χ1) is 6.81. The summed E-state index contributed by atoms with van der Waals surface area (Å²) in [7, 11) is -1.93. The second kappa shape index (κ2) is 11.0. The molecule has 0 aromatic heterocycles. The van der Waals surface area contributed by atoms with E-state index in [1.165, 1.54) is 0 Å². The molecule has 6 heteroatoms. The quantitative estimate of drug-likeness (QED) is 0.427.